The molecule has 0 aliphatic rings. The predicted molar refractivity (Wildman–Crippen MR) is 96.9 cm³/mol. The molecule has 2 aromatic carbocycles. The maximum Gasteiger partial charge on any atom is 0.259 e. The van der Waals surface area contributed by atoms with Crippen molar-refractivity contribution in [3.05, 3.63) is 53.1 Å². The fourth-order valence-electron chi connectivity index (χ4n) is 2.48. The molecule has 0 aliphatic heterocycles. The van der Waals surface area contributed by atoms with Crippen LogP contribution in [0.25, 0.3) is 32.3 Å². The smallest absolute Gasteiger partial charge is 0.259 e. The van der Waals surface area contributed by atoms with Gasteiger partial charge in [0.25, 0.3) is 5.89 Å². The number of hydrogen-bond acceptors (Lipinski definition) is 5. The first-order valence-corrected chi connectivity index (χ1v) is 8.52. The Morgan fingerprint density at radius 1 is 1.04 bits per heavy atom. The third-order valence-electron chi connectivity index (χ3n) is 3.74. The van der Waals surface area contributed by atoms with Gasteiger partial charge >= 0.3 is 0 Å². The summed E-state index contributed by atoms with van der Waals surface area (Å²) in [6.07, 6.45) is 0. The van der Waals surface area contributed by atoms with Crippen molar-refractivity contribution in [2.24, 2.45) is 0 Å². The van der Waals surface area contributed by atoms with E-state index in [2.05, 4.69) is 23.2 Å². The van der Waals surface area contributed by atoms with E-state index in [1.54, 1.807) is 18.4 Å². The van der Waals surface area contributed by atoms with E-state index in [9.17, 15) is 0 Å². The summed E-state index contributed by atoms with van der Waals surface area (Å²) in [7, 11) is 1.63. The molecule has 2 heterocycles. The van der Waals surface area contributed by atoms with Gasteiger partial charge in [-0.2, -0.15) is 0 Å². The van der Waals surface area contributed by atoms with Crippen molar-refractivity contribution in [2.45, 2.75) is 6.92 Å². The zero-order chi connectivity index (χ0) is 16.7. The van der Waals surface area contributed by atoms with Crippen molar-refractivity contribution in [3.63, 3.8) is 0 Å². The van der Waals surface area contributed by atoms with Crippen LogP contribution in [0.2, 0.25) is 5.02 Å². The van der Waals surface area contributed by atoms with Crippen LogP contribution >= 0.6 is 22.9 Å². The largest absolute Gasteiger partial charge is 0.497 e. The standard InChI is InChI=1S/C18H13ClN2O2S/c1-10-3-8-13-14(9-10)24-16(15(13)19)18-21-20-17(23-18)11-4-6-12(22-2)7-5-11/h3-9H,1-2H3. The van der Waals surface area contributed by atoms with Gasteiger partial charge < -0.3 is 9.15 Å². The van der Waals surface area contributed by atoms with Crippen molar-refractivity contribution in [3.8, 4) is 28.0 Å². The van der Waals surface area contributed by atoms with Gasteiger partial charge in [0, 0.05) is 15.6 Å². The molecule has 4 nitrogen and oxygen atoms in total. The highest BCUT2D eigenvalue weighted by Gasteiger charge is 2.18. The molecular formula is C18H13ClN2O2S. The number of fused-ring (bicyclic) bond motifs is 1. The van der Waals surface area contributed by atoms with Gasteiger partial charge in [0.1, 0.15) is 10.6 Å². The fourth-order valence-corrected chi connectivity index (χ4v) is 4.01. The number of aryl methyl sites for hydroxylation is 1. The van der Waals surface area contributed by atoms with Crippen LogP contribution in [0.15, 0.2) is 46.9 Å². The molecular weight excluding hydrogens is 344 g/mol. The zero-order valence-electron chi connectivity index (χ0n) is 13.0. The van der Waals surface area contributed by atoms with Crippen molar-refractivity contribution in [1.29, 1.82) is 0 Å². The second-order valence-corrected chi connectivity index (χ2v) is 6.82. The molecule has 0 unspecified atom stereocenters. The fraction of sp³-hybridized carbons (Fsp3) is 0.111. The van der Waals surface area contributed by atoms with Crippen LogP contribution in [0, 0.1) is 6.92 Å². The number of aromatic nitrogens is 2. The Labute approximate surface area is 147 Å². The Bertz CT molecular complexity index is 1020. The van der Waals surface area contributed by atoms with Crippen LogP contribution in [-0.2, 0) is 0 Å². The molecule has 0 spiro atoms. The van der Waals surface area contributed by atoms with Crippen LogP contribution in [-0.4, -0.2) is 17.3 Å². The molecule has 0 saturated carbocycles. The first-order chi connectivity index (χ1) is 11.7. The maximum atomic E-state index is 6.50. The van der Waals surface area contributed by atoms with Gasteiger partial charge in [0.2, 0.25) is 5.89 Å². The Balaban J connectivity index is 1.75. The lowest BCUT2D eigenvalue weighted by Crippen LogP contribution is -1.82. The van der Waals surface area contributed by atoms with Crippen LogP contribution in [0.1, 0.15) is 5.56 Å². The van der Waals surface area contributed by atoms with E-state index >= 15 is 0 Å². The first kappa shape index (κ1) is 15.2. The van der Waals surface area contributed by atoms with Crippen molar-refractivity contribution >= 4 is 33.0 Å². The molecule has 0 fully saturated rings. The van der Waals surface area contributed by atoms with E-state index in [1.165, 1.54) is 5.56 Å². The number of rotatable bonds is 3. The Morgan fingerprint density at radius 3 is 2.54 bits per heavy atom. The molecule has 0 aliphatic carbocycles. The average molecular weight is 357 g/mol. The zero-order valence-corrected chi connectivity index (χ0v) is 14.6. The normalized spacial score (nSPS) is 11.1. The van der Waals surface area contributed by atoms with E-state index in [-0.39, 0.29) is 0 Å². The van der Waals surface area contributed by atoms with E-state index in [4.69, 9.17) is 20.8 Å². The van der Waals surface area contributed by atoms with Crippen molar-refractivity contribution in [1.82, 2.24) is 10.2 Å². The summed E-state index contributed by atoms with van der Waals surface area (Å²) >= 11 is 8.06. The van der Waals surface area contributed by atoms with Gasteiger partial charge in [-0.25, -0.2) is 0 Å². The molecule has 24 heavy (non-hydrogen) atoms. The van der Waals surface area contributed by atoms with Crippen LogP contribution < -0.4 is 4.74 Å². The molecule has 4 rings (SSSR count). The van der Waals surface area contributed by atoms with E-state index in [0.717, 1.165) is 26.3 Å². The van der Waals surface area contributed by atoms with Crippen LogP contribution in [0.4, 0.5) is 0 Å². The number of ether oxygens (including phenoxy) is 1. The second-order valence-electron chi connectivity index (χ2n) is 5.39. The molecule has 2 aromatic heterocycles. The third-order valence-corrected chi connectivity index (χ3v) is 5.39. The quantitative estimate of drug-likeness (QED) is 0.480. The van der Waals surface area contributed by atoms with Crippen molar-refractivity contribution in [2.75, 3.05) is 7.11 Å². The molecule has 0 atom stereocenters. The predicted octanol–water partition coefficient (Wildman–Crippen LogP) is 5.59. The SMILES string of the molecule is COc1ccc(-c2nnc(-c3sc4cc(C)ccc4c3Cl)o2)cc1. The Hall–Kier alpha value is -2.37. The van der Waals surface area contributed by atoms with Crippen molar-refractivity contribution < 1.29 is 9.15 Å². The molecule has 0 N–H and O–H groups in total. The number of methoxy groups -OCH3 is 1. The average Bonchev–Trinajstić information content (AvgIpc) is 3.20. The molecule has 0 bridgehead atoms. The minimum atomic E-state index is 0.435. The highest BCUT2D eigenvalue weighted by Crippen LogP contribution is 2.42. The monoisotopic (exact) mass is 356 g/mol. The third kappa shape index (κ3) is 2.56. The first-order valence-electron chi connectivity index (χ1n) is 7.32. The molecule has 6 heteroatoms. The highest BCUT2D eigenvalue weighted by molar-refractivity contribution is 7.23. The topological polar surface area (TPSA) is 48.2 Å². The Morgan fingerprint density at radius 2 is 1.79 bits per heavy atom. The lowest BCUT2D eigenvalue weighted by molar-refractivity contribution is 0.415. The summed E-state index contributed by atoms with van der Waals surface area (Å²) in [5.41, 5.74) is 2.03. The maximum absolute atomic E-state index is 6.50. The van der Waals surface area contributed by atoms with Gasteiger partial charge in [-0.05, 0) is 42.8 Å². The van der Waals surface area contributed by atoms with E-state index in [1.807, 2.05) is 36.4 Å². The Kier molecular flexibility index (Phi) is 3.75. The van der Waals surface area contributed by atoms with Gasteiger partial charge in [-0.15, -0.1) is 21.5 Å². The molecule has 0 amide bonds. The summed E-state index contributed by atoms with van der Waals surface area (Å²) in [6, 6.07) is 13.6. The number of benzene rings is 2. The van der Waals surface area contributed by atoms with Gasteiger partial charge in [-0.3, -0.25) is 0 Å². The van der Waals surface area contributed by atoms with E-state index < -0.39 is 0 Å². The van der Waals surface area contributed by atoms with Crippen LogP contribution in [0.5, 0.6) is 5.75 Å². The van der Waals surface area contributed by atoms with Gasteiger partial charge in [0.15, 0.2) is 0 Å². The number of hydrogen-bond donors (Lipinski definition) is 0. The summed E-state index contributed by atoms with van der Waals surface area (Å²) in [6.45, 7) is 2.06. The highest BCUT2D eigenvalue weighted by atomic mass is 35.5. The molecule has 120 valence electrons. The minimum Gasteiger partial charge on any atom is -0.497 e. The molecule has 4 aromatic rings. The van der Waals surface area contributed by atoms with Gasteiger partial charge in [0.05, 0.1) is 12.1 Å². The summed E-state index contributed by atoms with van der Waals surface area (Å²) in [5, 5.41) is 9.96. The molecule has 0 radical (unpaired) electrons. The lowest BCUT2D eigenvalue weighted by atomic mass is 10.2. The van der Waals surface area contributed by atoms with E-state index in [0.29, 0.717) is 16.8 Å². The lowest BCUT2D eigenvalue weighted by Gasteiger charge is -1.99. The number of halogens is 1. The second kappa shape index (κ2) is 5.92. The number of thiophene rings is 1. The van der Waals surface area contributed by atoms with Crippen LogP contribution in [0.3, 0.4) is 0 Å². The molecule has 0 saturated heterocycles. The van der Waals surface area contributed by atoms with Gasteiger partial charge in [-0.1, -0.05) is 23.7 Å². The summed E-state index contributed by atoms with van der Waals surface area (Å²) in [5.74, 6) is 1.67. The number of nitrogens with zero attached hydrogens (tertiary/aromatic N) is 2. The minimum absolute atomic E-state index is 0.435. The summed E-state index contributed by atoms with van der Waals surface area (Å²) in [4.78, 5) is 0.796. The summed E-state index contributed by atoms with van der Waals surface area (Å²) < 4.78 is 12.1.